The molecule has 1 saturated heterocycles. The molecular formula is C21H29N3O3. The fourth-order valence-corrected chi connectivity index (χ4v) is 4.30. The van der Waals surface area contributed by atoms with Crippen LogP contribution in [-0.2, 0) is 9.59 Å². The molecule has 6 heteroatoms. The molecule has 1 spiro atoms. The number of carbonyl (C=O) groups is 3. The van der Waals surface area contributed by atoms with Gasteiger partial charge in [-0.2, -0.15) is 0 Å². The predicted octanol–water partition coefficient (Wildman–Crippen LogP) is 3.56. The highest BCUT2D eigenvalue weighted by atomic mass is 16.2. The summed E-state index contributed by atoms with van der Waals surface area (Å²) in [6.45, 7) is 7.81. The van der Waals surface area contributed by atoms with E-state index < -0.39 is 11.6 Å². The summed E-state index contributed by atoms with van der Waals surface area (Å²) in [4.78, 5) is 39.2. The minimum Gasteiger partial charge on any atom is -0.324 e. The summed E-state index contributed by atoms with van der Waals surface area (Å²) in [5, 5.41) is 5.80. The molecule has 0 bridgehead atoms. The lowest BCUT2D eigenvalue weighted by Crippen LogP contribution is -2.54. The van der Waals surface area contributed by atoms with E-state index in [1.807, 2.05) is 32.0 Å². The Morgan fingerprint density at radius 2 is 2.07 bits per heavy atom. The van der Waals surface area contributed by atoms with Crippen molar-refractivity contribution in [2.45, 2.75) is 64.8 Å². The number of amides is 4. The van der Waals surface area contributed by atoms with Crippen molar-refractivity contribution in [2.75, 3.05) is 11.9 Å². The maximum atomic E-state index is 13.0. The maximum absolute atomic E-state index is 13.0. The van der Waals surface area contributed by atoms with E-state index in [4.69, 9.17) is 0 Å². The second-order valence-corrected chi connectivity index (χ2v) is 8.18. The highest BCUT2D eigenvalue weighted by Gasteiger charge is 2.55. The van der Waals surface area contributed by atoms with Gasteiger partial charge in [-0.1, -0.05) is 51.8 Å². The molecule has 1 aliphatic heterocycles. The van der Waals surface area contributed by atoms with Crippen LogP contribution in [0.5, 0.6) is 0 Å². The fourth-order valence-electron chi connectivity index (χ4n) is 4.30. The van der Waals surface area contributed by atoms with Crippen LogP contribution < -0.4 is 10.6 Å². The van der Waals surface area contributed by atoms with Gasteiger partial charge < -0.3 is 10.6 Å². The molecule has 2 N–H and O–H groups in total. The molecule has 3 rings (SSSR count). The second kappa shape index (κ2) is 7.33. The normalized spacial score (nSPS) is 25.2. The van der Waals surface area contributed by atoms with E-state index in [9.17, 15) is 14.4 Å². The van der Waals surface area contributed by atoms with Crippen molar-refractivity contribution in [3.63, 3.8) is 0 Å². The summed E-state index contributed by atoms with van der Waals surface area (Å²) in [6, 6.07) is 5.43. The van der Waals surface area contributed by atoms with Gasteiger partial charge in [-0.05, 0) is 42.7 Å². The third-order valence-corrected chi connectivity index (χ3v) is 5.99. The van der Waals surface area contributed by atoms with E-state index >= 15 is 0 Å². The molecule has 2 fully saturated rings. The van der Waals surface area contributed by atoms with Gasteiger partial charge in [-0.3, -0.25) is 14.5 Å². The molecule has 2 aliphatic rings. The zero-order valence-electron chi connectivity index (χ0n) is 16.6. The minimum atomic E-state index is -0.832. The van der Waals surface area contributed by atoms with E-state index in [-0.39, 0.29) is 30.2 Å². The zero-order valence-corrected chi connectivity index (χ0v) is 16.6. The lowest BCUT2D eigenvalue weighted by Gasteiger charge is -2.36. The Labute approximate surface area is 160 Å². The van der Waals surface area contributed by atoms with E-state index in [1.54, 1.807) is 0 Å². The molecule has 27 heavy (non-hydrogen) atoms. The zero-order chi connectivity index (χ0) is 19.8. The lowest BCUT2D eigenvalue weighted by atomic mass is 9.73. The smallest absolute Gasteiger partial charge is 0.324 e. The number of urea groups is 1. The number of nitrogens with one attached hydrogen (secondary N) is 2. The Hall–Kier alpha value is -2.37. The predicted molar refractivity (Wildman–Crippen MR) is 105 cm³/mol. The highest BCUT2D eigenvalue weighted by Crippen LogP contribution is 2.38. The van der Waals surface area contributed by atoms with Gasteiger partial charge in [0, 0.05) is 5.69 Å². The summed E-state index contributed by atoms with van der Waals surface area (Å²) in [5.74, 6) is -0.276. The minimum absolute atomic E-state index is 0.0830. The molecule has 2 atom stereocenters. The van der Waals surface area contributed by atoms with Crippen LogP contribution in [0.1, 0.15) is 63.5 Å². The summed E-state index contributed by atoms with van der Waals surface area (Å²) in [7, 11) is 0. The second-order valence-electron chi connectivity index (χ2n) is 8.18. The van der Waals surface area contributed by atoms with E-state index in [1.165, 1.54) is 0 Å². The average molecular weight is 371 g/mol. The first-order chi connectivity index (χ1) is 12.8. The standard InChI is InChI=1S/C21H29N3O3/c1-13(2)16-10-7-8-14(3)18(16)22-17(25)12-24-19(26)21(23-20(24)27)11-6-5-9-15(21)4/h7-8,10,13,15H,5-6,9,11-12H2,1-4H3,(H,22,25)(H,23,27)/t15-,21+/m1/s1. The van der Waals surface area contributed by atoms with E-state index in [0.29, 0.717) is 6.42 Å². The Bertz CT molecular complexity index is 774. The number of rotatable bonds is 4. The molecule has 1 aliphatic carbocycles. The van der Waals surface area contributed by atoms with Crippen molar-refractivity contribution in [1.82, 2.24) is 10.2 Å². The third kappa shape index (κ3) is 3.45. The van der Waals surface area contributed by atoms with E-state index in [2.05, 4.69) is 24.5 Å². The first-order valence-electron chi connectivity index (χ1n) is 9.79. The largest absolute Gasteiger partial charge is 0.325 e. The van der Waals surface area contributed by atoms with Gasteiger partial charge in [0.25, 0.3) is 5.91 Å². The Morgan fingerprint density at radius 3 is 2.74 bits per heavy atom. The summed E-state index contributed by atoms with van der Waals surface area (Å²) in [6.07, 6.45) is 3.54. The van der Waals surface area contributed by atoms with Gasteiger partial charge in [0.1, 0.15) is 12.1 Å². The number of carbonyl (C=O) groups excluding carboxylic acids is 3. The SMILES string of the molecule is Cc1cccc(C(C)C)c1NC(=O)CN1C(=O)N[C@]2(CCCC[C@H]2C)C1=O. The molecule has 6 nitrogen and oxygen atoms in total. The molecule has 0 unspecified atom stereocenters. The van der Waals surface area contributed by atoms with Gasteiger partial charge in [0.05, 0.1) is 0 Å². The highest BCUT2D eigenvalue weighted by molar-refractivity contribution is 6.10. The van der Waals surface area contributed by atoms with Gasteiger partial charge in [-0.25, -0.2) is 4.79 Å². The molecule has 0 aromatic heterocycles. The Kier molecular flexibility index (Phi) is 5.27. The molecule has 4 amide bonds. The first-order valence-corrected chi connectivity index (χ1v) is 9.79. The average Bonchev–Trinajstić information content (AvgIpc) is 2.84. The summed E-state index contributed by atoms with van der Waals surface area (Å²) in [5.41, 5.74) is 1.94. The van der Waals surface area contributed by atoms with Crippen LogP contribution in [0.2, 0.25) is 0 Å². The number of hydrogen-bond acceptors (Lipinski definition) is 3. The van der Waals surface area contributed by atoms with Crippen LogP contribution in [0.4, 0.5) is 10.5 Å². The number of benzene rings is 1. The van der Waals surface area contributed by atoms with E-state index in [0.717, 1.165) is 41.0 Å². The summed E-state index contributed by atoms with van der Waals surface area (Å²) < 4.78 is 0. The van der Waals surface area contributed by atoms with Crippen LogP contribution in [0.25, 0.3) is 0 Å². The summed E-state index contributed by atoms with van der Waals surface area (Å²) >= 11 is 0. The molecule has 1 saturated carbocycles. The quantitative estimate of drug-likeness (QED) is 0.795. The van der Waals surface area contributed by atoms with Gasteiger partial charge in [0.15, 0.2) is 0 Å². The topological polar surface area (TPSA) is 78.5 Å². The Balaban J connectivity index is 1.76. The Morgan fingerprint density at radius 1 is 1.33 bits per heavy atom. The number of anilines is 1. The molecule has 1 aromatic rings. The molecule has 1 heterocycles. The van der Waals surface area contributed by atoms with Crippen LogP contribution in [0, 0.1) is 12.8 Å². The number of hydrogen-bond donors (Lipinski definition) is 2. The van der Waals surface area contributed by atoms with Crippen molar-refractivity contribution in [1.29, 1.82) is 0 Å². The molecule has 146 valence electrons. The molecule has 1 aromatic carbocycles. The fraction of sp³-hybridized carbons (Fsp3) is 0.571. The van der Waals surface area contributed by atoms with Crippen molar-refractivity contribution < 1.29 is 14.4 Å². The lowest BCUT2D eigenvalue weighted by molar-refractivity contribution is -0.136. The molecular weight excluding hydrogens is 342 g/mol. The van der Waals surface area contributed by atoms with Crippen LogP contribution in [0.15, 0.2) is 18.2 Å². The van der Waals surface area contributed by atoms with Crippen LogP contribution in [-0.4, -0.2) is 34.8 Å². The monoisotopic (exact) mass is 371 g/mol. The van der Waals surface area contributed by atoms with Crippen LogP contribution >= 0.6 is 0 Å². The number of para-hydroxylation sites is 1. The van der Waals surface area contributed by atoms with Crippen molar-refractivity contribution in [2.24, 2.45) is 5.92 Å². The molecule has 0 radical (unpaired) electrons. The van der Waals surface area contributed by atoms with Gasteiger partial charge in [-0.15, -0.1) is 0 Å². The van der Waals surface area contributed by atoms with Crippen LogP contribution in [0.3, 0.4) is 0 Å². The third-order valence-electron chi connectivity index (χ3n) is 5.99. The van der Waals surface area contributed by atoms with Crippen molar-refractivity contribution in [3.8, 4) is 0 Å². The van der Waals surface area contributed by atoms with Gasteiger partial charge in [0.2, 0.25) is 5.91 Å². The maximum Gasteiger partial charge on any atom is 0.325 e. The van der Waals surface area contributed by atoms with Gasteiger partial charge >= 0.3 is 6.03 Å². The number of imide groups is 1. The number of aryl methyl sites for hydroxylation is 1. The number of nitrogens with zero attached hydrogens (tertiary/aromatic N) is 1. The van der Waals surface area contributed by atoms with Crippen molar-refractivity contribution >= 4 is 23.5 Å². The van der Waals surface area contributed by atoms with Crippen molar-refractivity contribution in [3.05, 3.63) is 29.3 Å². The first kappa shape index (κ1) is 19.4.